The number of rotatable bonds is 9. The molecule has 1 aromatic rings. The lowest BCUT2D eigenvalue weighted by molar-refractivity contribution is -0.141. The van der Waals surface area contributed by atoms with Crippen molar-refractivity contribution in [2.45, 2.75) is 33.2 Å². The number of hydrogen-bond donors (Lipinski definition) is 3. The maximum Gasteiger partial charge on any atom is 0.308 e. The minimum atomic E-state index is -0.989. The molecule has 2 amide bonds. The third-order valence-corrected chi connectivity index (χ3v) is 3.40. The van der Waals surface area contributed by atoms with Crippen LogP contribution >= 0.6 is 0 Å². The van der Waals surface area contributed by atoms with Crippen molar-refractivity contribution in [1.29, 1.82) is 0 Å². The van der Waals surface area contributed by atoms with Crippen molar-refractivity contribution in [3.05, 3.63) is 29.8 Å². The monoisotopic (exact) mass is 336 g/mol. The van der Waals surface area contributed by atoms with E-state index in [9.17, 15) is 19.5 Å². The van der Waals surface area contributed by atoms with E-state index in [0.717, 1.165) is 11.3 Å². The van der Waals surface area contributed by atoms with Crippen LogP contribution in [0.1, 0.15) is 26.3 Å². The first-order valence-electron chi connectivity index (χ1n) is 7.82. The van der Waals surface area contributed by atoms with Crippen LogP contribution in [0, 0.1) is 5.92 Å². The Balaban J connectivity index is 2.59. The Hall–Kier alpha value is -2.57. The Labute approximate surface area is 141 Å². The van der Waals surface area contributed by atoms with E-state index >= 15 is 0 Å². The number of amides is 2. The lowest BCUT2D eigenvalue weighted by atomic mass is 9.99. The van der Waals surface area contributed by atoms with E-state index in [1.165, 1.54) is 6.92 Å². The summed E-state index contributed by atoms with van der Waals surface area (Å²) in [4.78, 5) is 34.2. The molecule has 0 spiro atoms. The number of carbonyl (C=O) groups is 3. The van der Waals surface area contributed by atoms with Gasteiger partial charge in [0, 0.05) is 13.5 Å². The molecule has 0 aliphatic carbocycles. The molecule has 7 heteroatoms. The summed E-state index contributed by atoms with van der Waals surface area (Å²) < 4.78 is 5.34. The Morgan fingerprint density at radius 2 is 1.83 bits per heavy atom. The zero-order valence-corrected chi connectivity index (χ0v) is 14.2. The molecule has 7 nitrogen and oxygen atoms in total. The van der Waals surface area contributed by atoms with Gasteiger partial charge in [0.2, 0.25) is 11.8 Å². The highest BCUT2D eigenvalue weighted by Crippen LogP contribution is 2.15. The fourth-order valence-corrected chi connectivity index (χ4v) is 2.17. The summed E-state index contributed by atoms with van der Waals surface area (Å²) in [7, 11) is 0. The van der Waals surface area contributed by atoms with Gasteiger partial charge in [0.25, 0.3) is 0 Å². The smallest absolute Gasteiger partial charge is 0.308 e. The van der Waals surface area contributed by atoms with Gasteiger partial charge in [-0.3, -0.25) is 14.4 Å². The zero-order chi connectivity index (χ0) is 18.1. The number of carboxylic acids is 1. The van der Waals surface area contributed by atoms with Crippen LogP contribution in [-0.2, 0) is 20.8 Å². The Morgan fingerprint density at radius 3 is 2.33 bits per heavy atom. The summed E-state index contributed by atoms with van der Waals surface area (Å²) in [6.07, 6.45) is 0.288. The van der Waals surface area contributed by atoms with Gasteiger partial charge in [0.1, 0.15) is 11.8 Å². The van der Waals surface area contributed by atoms with Crippen LogP contribution in [0.25, 0.3) is 0 Å². The molecule has 3 N–H and O–H groups in total. The Kier molecular flexibility index (Phi) is 7.74. The standard InChI is InChI=1S/C17H24N2O5/c1-4-24-15-7-5-13(6-8-15)9-14(17(22)23)10-18-16(21)11(2)19-12(3)20/h5-8,11,14H,4,9-10H2,1-3H3,(H,18,21)(H,19,20)(H,22,23). The summed E-state index contributed by atoms with van der Waals surface area (Å²) >= 11 is 0. The van der Waals surface area contributed by atoms with Crippen molar-refractivity contribution in [2.24, 2.45) is 5.92 Å². The molecule has 2 unspecified atom stereocenters. The van der Waals surface area contributed by atoms with Crippen molar-refractivity contribution in [2.75, 3.05) is 13.2 Å². The lowest BCUT2D eigenvalue weighted by Crippen LogP contribution is -2.46. The predicted octanol–water partition coefficient (Wildman–Crippen LogP) is 0.969. The molecule has 0 aromatic heterocycles. The zero-order valence-electron chi connectivity index (χ0n) is 14.2. The normalized spacial score (nSPS) is 12.8. The van der Waals surface area contributed by atoms with Crippen LogP contribution in [0.4, 0.5) is 0 Å². The maximum atomic E-state index is 11.8. The number of carboxylic acid groups (broad SMARTS) is 1. The third-order valence-electron chi connectivity index (χ3n) is 3.40. The molecule has 1 rings (SSSR count). The van der Waals surface area contributed by atoms with Crippen LogP contribution in [0.3, 0.4) is 0 Å². The van der Waals surface area contributed by atoms with Crippen LogP contribution in [0.5, 0.6) is 5.75 Å². The van der Waals surface area contributed by atoms with Crippen LogP contribution in [-0.4, -0.2) is 42.1 Å². The molecule has 132 valence electrons. The highest BCUT2D eigenvalue weighted by molar-refractivity contribution is 5.86. The molecule has 0 saturated carbocycles. The highest BCUT2D eigenvalue weighted by Gasteiger charge is 2.21. The number of ether oxygens (including phenoxy) is 1. The molecule has 0 heterocycles. The SMILES string of the molecule is CCOc1ccc(CC(CNC(=O)C(C)NC(C)=O)C(=O)O)cc1. The minimum absolute atomic E-state index is 0.00863. The van der Waals surface area contributed by atoms with E-state index in [2.05, 4.69) is 10.6 Å². The summed E-state index contributed by atoms with van der Waals surface area (Å²) in [6, 6.07) is 6.48. The average Bonchev–Trinajstić information content (AvgIpc) is 2.52. The van der Waals surface area contributed by atoms with Crippen molar-refractivity contribution < 1.29 is 24.2 Å². The van der Waals surface area contributed by atoms with Gasteiger partial charge < -0.3 is 20.5 Å². The topological polar surface area (TPSA) is 105 Å². The van der Waals surface area contributed by atoms with E-state index in [4.69, 9.17) is 4.74 Å². The van der Waals surface area contributed by atoms with E-state index in [1.807, 2.05) is 19.1 Å². The molecular formula is C17H24N2O5. The fraction of sp³-hybridized carbons (Fsp3) is 0.471. The second kappa shape index (κ2) is 9.54. The molecule has 1 aromatic carbocycles. The predicted molar refractivity (Wildman–Crippen MR) is 88.7 cm³/mol. The van der Waals surface area contributed by atoms with Gasteiger partial charge in [-0.1, -0.05) is 12.1 Å². The van der Waals surface area contributed by atoms with Gasteiger partial charge in [0.15, 0.2) is 0 Å². The number of aliphatic carboxylic acids is 1. The first-order valence-corrected chi connectivity index (χ1v) is 7.82. The summed E-state index contributed by atoms with van der Waals surface area (Å²) in [5.41, 5.74) is 0.843. The van der Waals surface area contributed by atoms with Gasteiger partial charge in [-0.2, -0.15) is 0 Å². The minimum Gasteiger partial charge on any atom is -0.494 e. The average molecular weight is 336 g/mol. The second-order valence-electron chi connectivity index (χ2n) is 5.48. The first-order chi connectivity index (χ1) is 11.3. The largest absolute Gasteiger partial charge is 0.494 e. The molecule has 0 aliphatic rings. The first kappa shape index (κ1) is 19.5. The van der Waals surface area contributed by atoms with Gasteiger partial charge in [-0.25, -0.2) is 0 Å². The van der Waals surface area contributed by atoms with E-state index in [0.29, 0.717) is 6.61 Å². The van der Waals surface area contributed by atoms with Crippen LogP contribution < -0.4 is 15.4 Å². The number of carbonyl (C=O) groups excluding carboxylic acids is 2. The fourth-order valence-electron chi connectivity index (χ4n) is 2.17. The lowest BCUT2D eigenvalue weighted by Gasteiger charge is -2.17. The van der Waals surface area contributed by atoms with Crippen molar-refractivity contribution in [1.82, 2.24) is 10.6 Å². The van der Waals surface area contributed by atoms with Crippen molar-refractivity contribution in [3.8, 4) is 5.75 Å². The highest BCUT2D eigenvalue weighted by atomic mass is 16.5. The molecule has 0 saturated heterocycles. The molecule has 0 aliphatic heterocycles. The van der Waals surface area contributed by atoms with E-state index in [-0.39, 0.29) is 18.9 Å². The molecule has 0 bridgehead atoms. The summed E-state index contributed by atoms with van der Waals surface area (Å²) in [5.74, 6) is -1.75. The molecule has 24 heavy (non-hydrogen) atoms. The molecule has 0 radical (unpaired) electrons. The van der Waals surface area contributed by atoms with Crippen LogP contribution in [0.15, 0.2) is 24.3 Å². The number of nitrogens with one attached hydrogen (secondary N) is 2. The number of benzene rings is 1. The Morgan fingerprint density at radius 1 is 1.21 bits per heavy atom. The van der Waals surface area contributed by atoms with Crippen molar-refractivity contribution >= 4 is 17.8 Å². The summed E-state index contributed by atoms with van der Waals surface area (Å²) in [6.45, 7) is 5.30. The third kappa shape index (κ3) is 6.68. The van der Waals surface area contributed by atoms with Gasteiger partial charge in [-0.15, -0.1) is 0 Å². The summed E-state index contributed by atoms with van der Waals surface area (Å²) in [5, 5.41) is 14.3. The van der Waals surface area contributed by atoms with Gasteiger partial charge in [0.05, 0.1) is 12.5 Å². The molecule has 2 atom stereocenters. The van der Waals surface area contributed by atoms with Gasteiger partial charge in [-0.05, 0) is 38.0 Å². The van der Waals surface area contributed by atoms with E-state index < -0.39 is 23.8 Å². The van der Waals surface area contributed by atoms with E-state index in [1.54, 1.807) is 19.1 Å². The number of hydrogen-bond acceptors (Lipinski definition) is 4. The Bertz CT molecular complexity index is 571. The molecule has 0 fully saturated rings. The van der Waals surface area contributed by atoms with Crippen LogP contribution in [0.2, 0.25) is 0 Å². The van der Waals surface area contributed by atoms with Crippen molar-refractivity contribution in [3.63, 3.8) is 0 Å². The molecular weight excluding hydrogens is 312 g/mol. The second-order valence-corrected chi connectivity index (χ2v) is 5.48. The maximum absolute atomic E-state index is 11.8. The van der Waals surface area contributed by atoms with Gasteiger partial charge >= 0.3 is 5.97 Å². The quantitative estimate of drug-likeness (QED) is 0.623.